The van der Waals surface area contributed by atoms with Crippen molar-refractivity contribution in [1.29, 1.82) is 0 Å². The molecule has 18 heavy (non-hydrogen) atoms. The summed E-state index contributed by atoms with van der Waals surface area (Å²) in [5, 5.41) is 1.11. The second-order valence-corrected chi connectivity index (χ2v) is 3.94. The van der Waals surface area contributed by atoms with Crippen molar-refractivity contribution in [2.45, 2.75) is 6.42 Å². The van der Waals surface area contributed by atoms with E-state index >= 15 is 0 Å². The van der Waals surface area contributed by atoms with E-state index in [0.29, 0.717) is 41.3 Å². The summed E-state index contributed by atoms with van der Waals surface area (Å²) < 4.78 is 10.5. The van der Waals surface area contributed by atoms with Gasteiger partial charge in [0.05, 0.1) is 23.1 Å². The SMILES string of the molecule is Cl.NCCCOc1cc(=O)oc2cccc(Cl)c12. The van der Waals surface area contributed by atoms with Gasteiger partial charge < -0.3 is 14.9 Å². The Bertz CT molecular complexity index is 583. The van der Waals surface area contributed by atoms with Gasteiger partial charge >= 0.3 is 5.63 Å². The first-order chi connectivity index (χ1) is 8.22. The summed E-state index contributed by atoms with van der Waals surface area (Å²) in [6.45, 7) is 0.980. The second kappa shape index (κ2) is 6.64. The van der Waals surface area contributed by atoms with Crippen LogP contribution in [0.4, 0.5) is 0 Å². The number of hydrogen-bond donors (Lipinski definition) is 1. The lowest BCUT2D eigenvalue weighted by molar-refractivity contribution is 0.314. The maximum Gasteiger partial charge on any atom is 0.339 e. The lowest BCUT2D eigenvalue weighted by atomic mass is 10.2. The van der Waals surface area contributed by atoms with E-state index in [2.05, 4.69) is 0 Å². The van der Waals surface area contributed by atoms with E-state index < -0.39 is 5.63 Å². The predicted octanol–water partition coefficient (Wildman–Crippen LogP) is 2.60. The van der Waals surface area contributed by atoms with E-state index in [4.69, 9.17) is 26.5 Å². The maximum atomic E-state index is 11.3. The van der Waals surface area contributed by atoms with Crippen molar-refractivity contribution in [2.24, 2.45) is 5.73 Å². The van der Waals surface area contributed by atoms with Crippen LogP contribution < -0.4 is 16.1 Å². The summed E-state index contributed by atoms with van der Waals surface area (Å²) in [6.07, 6.45) is 0.714. The van der Waals surface area contributed by atoms with Gasteiger partial charge in [0.15, 0.2) is 0 Å². The lowest BCUT2D eigenvalue weighted by Gasteiger charge is -2.08. The minimum atomic E-state index is -0.456. The molecular formula is C12H13Cl2NO3. The quantitative estimate of drug-likeness (QED) is 0.694. The molecule has 0 aliphatic carbocycles. The Labute approximate surface area is 115 Å². The molecular weight excluding hydrogens is 277 g/mol. The molecule has 98 valence electrons. The van der Waals surface area contributed by atoms with E-state index in [1.807, 2.05) is 0 Å². The first-order valence-corrected chi connectivity index (χ1v) is 5.65. The van der Waals surface area contributed by atoms with Gasteiger partial charge in [0.2, 0.25) is 0 Å². The summed E-state index contributed by atoms with van der Waals surface area (Å²) in [5.74, 6) is 0.440. The highest BCUT2D eigenvalue weighted by molar-refractivity contribution is 6.35. The molecule has 0 unspecified atom stereocenters. The molecule has 4 nitrogen and oxygen atoms in total. The van der Waals surface area contributed by atoms with Crippen LogP contribution in [0.5, 0.6) is 5.75 Å². The van der Waals surface area contributed by atoms with Gasteiger partial charge in [0.25, 0.3) is 0 Å². The Morgan fingerprint density at radius 1 is 1.39 bits per heavy atom. The molecule has 0 bridgehead atoms. The molecule has 6 heteroatoms. The van der Waals surface area contributed by atoms with Crippen molar-refractivity contribution in [3.8, 4) is 5.75 Å². The molecule has 1 heterocycles. The van der Waals surface area contributed by atoms with Crippen molar-refractivity contribution in [1.82, 2.24) is 0 Å². The number of hydrogen-bond acceptors (Lipinski definition) is 4. The summed E-state index contributed by atoms with van der Waals surface area (Å²) in [7, 11) is 0. The van der Waals surface area contributed by atoms with Crippen LogP contribution in [0.2, 0.25) is 5.02 Å². The third-order valence-electron chi connectivity index (χ3n) is 2.29. The summed E-state index contributed by atoms with van der Waals surface area (Å²) >= 11 is 6.06. The second-order valence-electron chi connectivity index (χ2n) is 3.53. The van der Waals surface area contributed by atoms with Gasteiger partial charge in [0.1, 0.15) is 11.3 Å². The molecule has 2 aromatic rings. The van der Waals surface area contributed by atoms with Gasteiger partial charge in [-0.05, 0) is 25.1 Å². The van der Waals surface area contributed by atoms with Gasteiger partial charge in [-0.2, -0.15) is 0 Å². The van der Waals surface area contributed by atoms with E-state index in [-0.39, 0.29) is 12.4 Å². The topological polar surface area (TPSA) is 65.5 Å². The molecule has 1 aromatic carbocycles. The molecule has 0 atom stereocenters. The zero-order valence-corrected chi connectivity index (χ0v) is 11.1. The lowest BCUT2D eigenvalue weighted by Crippen LogP contribution is -2.08. The zero-order valence-electron chi connectivity index (χ0n) is 9.52. The highest BCUT2D eigenvalue weighted by Gasteiger charge is 2.09. The van der Waals surface area contributed by atoms with Crippen molar-refractivity contribution < 1.29 is 9.15 Å². The fourth-order valence-electron chi connectivity index (χ4n) is 1.52. The maximum absolute atomic E-state index is 11.3. The van der Waals surface area contributed by atoms with Gasteiger partial charge in [-0.15, -0.1) is 12.4 Å². The minimum absolute atomic E-state index is 0. The molecule has 2 N–H and O–H groups in total. The Morgan fingerprint density at radius 2 is 2.17 bits per heavy atom. The highest BCUT2D eigenvalue weighted by Crippen LogP contribution is 2.30. The Hall–Kier alpha value is -1.23. The minimum Gasteiger partial charge on any atom is -0.492 e. The van der Waals surface area contributed by atoms with Crippen molar-refractivity contribution >= 4 is 35.0 Å². The van der Waals surface area contributed by atoms with Crippen molar-refractivity contribution in [3.05, 3.63) is 39.7 Å². The highest BCUT2D eigenvalue weighted by atomic mass is 35.5. The third kappa shape index (κ3) is 3.16. The first kappa shape index (κ1) is 14.8. The van der Waals surface area contributed by atoms with Gasteiger partial charge in [-0.1, -0.05) is 17.7 Å². The molecule has 0 spiro atoms. The number of fused-ring (bicyclic) bond motifs is 1. The Kier molecular flexibility index (Phi) is 5.47. The normalized spacial score (nSPS) is 10.1. The smallest absolute Gasteiger partial charge is 0.339 e. The summed E-state index contributed by atoms with van der Waals surface area (Å²) in [4.78, 5) is 11.3. The van der Waals surface area contributed by atoms with E-state index in [0.717, 1.165) is 0 Å². The molecule has 0 amide bonds. The van der Waals surface area contributed by atoms with Crippen LogP contribution in [-0.4, -0.2) is 13.2 Å². The molecule has 0 saturated carbocycles. The van der Waals surface area contributed by atoms with E-state index in [1.54, 1.807) is 18.2 Å². The number of benzene rings is 1. The predicted molar refractivity (Wildman–Crippen MR) is 73.9 cm³/mol. The van der Waals surface area contributed by atoms with Crippen LogP contribution in [0.3, 0.4) is 0 Å². The van der Waals surface area contributed by atoms with Crippen LogP contribution in [0.15, 0.2) is 33.5 Å². The first-order valence-electron chi connectivity index (χ1n) is 5.27. The van der Waals surface area contributed by atoms with Crippen LogP contribution >= 0.6 is 24.0 Å². The average Bonchev–Trinajstić information content (AvgIpc) is 2.28. The van der Waals surface area contributed by atoms with Gasteiger partial charge in [-0.25, -0.2) is 4.79 Å². The zero-order chi connectivity index (χ0) is 12.3. The van der Waals surface area contributed by atoms with Gasteiger partial charge in [-0.3, -0.25) is 0 Å². The molecule has 0 aliphatic rings. The molecule has 0 fully saturated rings. The monoisotopic (exact) mass is 289 g/mol. The standard InChI is InChI=1S/C12H12ClNO3.ClH/c13-8-3-1-4-9-12(8)10(7-11(15)17-9)16-6-2-5-14;/h1,3-4,7H,2,5-6,14H2;1H. The molecule has 0 saturated heterocycles. The van der Waals surface area contributed by atoms with E-state index in [9.17, 15) is 4.79 Å². The fraction of sp³-hybridized carbons (Fsp3) is 0.250. The summed E-state index contributed by atoms with van der Waals surface area (Å²) in [6, 6.07) is 6.42. The molecule has 0 aliphatic heterocycles. The van der Waals surface area contributed by atoms with Crippen LogP contribution in [0.1, 0.15) is 6.42 Å². The largest absolute Gasteiger partial charge is 0.492 e. The molecule has 1 aromatic heterocycles. The molecule has 0 radical (unpaired) electrons. The number of nitrogens with two attached hydrogens (primary N) is 1. The number of rotatable bonds is 4. The van der Waals surface area contributed by atoms with Crippen molar-refractivity contribution in [2.75, 3.05) is 13.2 Å². The Morgan fingerprint density at radius 3 is 2.89 bits per heavy atom. The molecule has 2 rings (SSSR count). The number of ether oxygens (including phenoxy) is 1. The number of halogens is 2. The van der Waals surface area contributed by atoms with Crippen molar-refractivity contribution in [3.63, 3.8) is 0 Å². The third-order valence-corrected chi connectivity index (χ3v) is 2.60. The Balaban J connectivity index is 0.00000162. The van der Waals surface area contributed by atoms with E-state index in [1.165, 1.54) is 6.07 Å². The summed E-state index contributed by atoms with van der Waals surface area (Å²) in [5.41, 5.74) is 5.35. The van der Waals surface area contributed by atoms with Crippen LogP contribution in [-0.2, 0) is 0 Å². The van der Waals surface area contributed by atoms with Gasteiger partial charge in [0, 0.05) is 0 Å². The average molecular weight is 290 g/mol. The fourth-order valence-corrected chi connectivity index (χ4v) is 1.78. The van der Waals surface area contributed by atoms with Crippen LogP contribution in [0.25, 0.3) is 11.0 Å². The van der Waals surface area contributed by atoms with Crippen LogP contribution in [0, 0.1) is 0 Å².